The fraction of sp³-hybridized carbons (Fsp3) is 0. The predicted molar refractivity (Wildman–Crippen MR) is 235 cm³/mol. The minimum atomic E-state index is 0.892. The number of hydrogen-bond donors (Lipinski definition) is 0. The molecule has 0 spiro atoms. The molecule has 0 aliphatic rings. The van der Waals surface area contributed by atoms with E-state index in [0.717, 1.165) is 55.7 Å². The van der Waals surface area contributed by atoms with Gasteiger partial charge in [0.1, 0.15) is 11.2 Å². The van der Waals surface area contributed by atoms with Crippen LogP contribution >= 0.6 is 11.3 Å². The van der Waals surface area contributed by atoms with Crippen molar-refractivity contribution in [2.75, 3.05) is 4.90 Å². The first-order valence-corrected chi connectivity index (χ1v) is 19.5. The molecule has 55 heavy (non-hydrogen) atoms. The van der Waals surface area contributed by atoms with E-state index in [2.05, 4.69) is 193 Å². The van der Waals surface area contributed by atoms with E-state index in [9.17, 15) is 0 Å². The molecule has 0 N–H and O–H groups in total. The third-order valence-electron chi connectivity index (χ3n) is 10.9. The molecule has 0 fully saturated rings. The van der Waals surface area contributed by atoms with Crippen LogP contribution in [0.1, 0.15) is 0 Å². The average molecular weight is 720 g/mol. The Labute approximate surface area is 322 Å². The van der Waals surface area contributed by atoms with Crippen LogP contribution in [0.3, 0.4) is 0 Å². The molecule has 0 atom stereocenters. The van der Waals surface area contributed by atoms with Gasteiger partial charge in [0.05, 0.1) is 11.4 Å². The fourth-order valence-electron chi connectivity index (χ4n) is 8.31. The fourth-order valence-corrected chi connectivity index (χ4v) is 9.44. The van der Waals surface area contributed by atoms with Gasteiger partial charge in [-0.25, -0.2) is 0 Å². The summed E-state index contributed by atoms with van der Waals surface area (Å²) in [7, 11) is 0. The second-order valence-corrected chi connectivity index (χ2v) is 15.2. The van der Waals surface area contributed by atoms with Gasteiger partial charge < -0.3 is 9.32 Å². The second kappa shape index (κ2) is 12.9. The zero-order chi connectivity index (χ0) is 36.3. The van der Waals surface area contributed by atoms with E-state index in [-0.39, 0.29) is 0 Å². The lowest BCUT2D eigenvalue weighted by atomic mass is 9.95. The highest BCUT2D eigenvalue weighted by atomic mass is 32.1. The molecule has 3 heteroatoms. The van der Waals surface area contributed by atoms with Gasteiger partial charge in [-0.1, -0.05) is 140 Å². The first kappa shape index (κ1) is 31.6. The summed E-state index contributed by atoms with van der Waals surface area (Å²) in [6.07, 6.45) is 0. The van der Waals surface area contributed by atoms with Crippen LogP contribution in [0.15, 0.2) is 205 Å². The summed E-state index contributed by atoms with van der Waals surface area (Å²) >= 11 is 1.86. The summed E-state index contributed by atoms with van der Waals surface area (Å²) < 4.78 is 8.86. The first-order chi connectivity index (χ1) is 27.3. The van der Waals surface area contributed by atoms with Crippen molar-refractivity contribution in [3.05, 3.63) is 200 Å². The molecule has 2 aromatic heterocycles. The lowest BCUT2D eigenvalue weighted by Gasteiger charge is -2.30. The van der Waals surface area contributed by atoms with E-state index < -0.39 is 0 Å². The number of thiophene rings is 1. The number of nitrogens with zero attached hydrogens (tertiary/aromatic N) is 1. The van der Waals surface area contributed by atoms with E-state index in [1.807, 2.05) is 23.5 Å². The van der Waals surface area contributed by atoms with Crippen molar-refractivity contribution in [2.24, 2.45) is 0 Å². The second-order valence-electron chi connectivity index (χ2n) is 14.1. The molecule has 0 aliphatic heterocycles. The molecule has 11 aromatic rings. The molecule has 2 heterocycles. The highest BCUT2D eigenvalue weighted by Gasteiger charge is 2.22. The molecule has 0 bridgehead atoms. The van der Waals surface area contributed by atoms with Crippen LogP contribution in [0, 0.1) is 0 Å². The molecular weight excluding hydrogens is 687 g/mol. The maximum atomic E-state index is 6.25. The zero-order valence-electron chi connectivity index (χ0n) is 29.8. The van der Waals surface area contributed by atoms with Crippen molar-refractivity contribution in [1.29, 1.82) is 0 Å². The number of anilines is 3. The van der Waals surface area contributed by atoms with Crippen LogP contribution in [0.25, 0.3) is 86.3 Å². The zero-order valence-corrected chi connectivity index (χ0v) is 30.6. The van der Waals surface area contributed by atoms with Gasteiger partial charge in [0.25, 0.3) is 0 Å². The minimum Gasteiger partial charge on any atom is -0.456 e. The Balaban J connectivity index is 1.15. The van der Waals surface area contributed by atoms with Gasteiger partial charge in [-0.15, -0.1) is 11.3 Å². The van der Waals surface area contributed by atoms with Crippen molar-refractivity contribution in [2.45, 2.75) is 0 Å². The summed E-state index contributed by atoms with van der Waals surface area (Å²) in [6.45, 7) is 0. The Morgan fingerprint density at radius 3 is 1.82 bits per heavy atom. The van der Waals surface area contributed by atoms with E-state index in [1.54, 1.807) is 0 Å². The Bertz CT molecular complexity index is 3240. The number of furan rings is 1. The van der Waals surface area contributed by atoms with Crippen LogP contribution in [-0.4, -0.2) is 0 Å². The van der Waals surface area contributed by atoms with Gasteiger partial charge in [0.15, 0.2) is 0 Å². The SMILES string of the molecule is c1cc(-c2cccc3sc4ccccc4c23)cc(N(c2ccccc2-c2ccc3ccccc3c2)c2ccccc2-c2ccc3oc4ccccc4c3c2)c1. The van der Waals surface area contributed by atoms with Crippen molar-refractivity contribution < 1.29 is 4.42 Å². The molecular formula is C52H33NOS. The van der Waals surface area contributed by atoms with Gasteiger partial charge in [-0.3, -0.25) is 0 Å². The van der Waals surface area contributed by atoms with Crippen molar-refractivity contribution >= 4 is 81.3 Å². The van der Waals surface area contributed by atoms with Crippen LogP contribution in [0.5, 0.6) is 0 Å². The molecule has 11 rings (SSSR count). The summed E-state index contributed by atoms with van der Waals surface area (Å²) in [4.78, 5) is 2.45. The van der Waals surface area contributed by atoms with Crippen molar-refractivity contribution in [1.82, 2.24) is 0 Å². The van der Waals surface area contributed by atoms with E-state index in [0.29, 0.717) is 0 Å². The molecule has 0 unspecified atom stereocenters. The number of rotatable bonds is 6. The first-order valence-electron chi connectivity index (χ1n) is 18.7. The molecule has 0 saturated heterocycles. The Morgan fingerprint density at radius 2 is 0.964 bits per heavy atom. The number of para-hydroxylation sites is 3. The summed E-state index contributed by atoms with van der Waals surface area (Å²) in [5.41, 5.74) is 12.1. The summed E-state index contributed by atoms with van der Waals surface area (Å²) in [6, 6.07) is 72.4. The molecule has 258 valence electrons. The highest BCUT2D eigenvalue weighted by Crippen LogP contribution is 2.47. The molecule has 9 aromatic carbocycles. The number of benzene rings is 9. The smallest absolute Gasteiger partial charge is 0.135 e. The van der Waals surface area contributed by atoms with Crippen LogP contribution in [0.4, 0.5) is 17.1 Å². The summed E-state index contributed by atoms with van der Waals surface area (Å²) in [5, 5.41) is 7.30. The largest absolute Gasteiger partial charge is 0.456 e. The third-order valence-corrected chi connectivity index (χ3v) is 12.0. The Kier molecular flexibility index (Phi) is 7.39. The molecule has 0 saturated carbocycles. The van der Waals surface area contributed by atoms with Gasteiger partial charge >= 0.3 is 0 Å². The Morgan fingerprint density at radius 1 is 0.364 bits per heavy atom. The maximum Gasteiger partial charge on any atom is 0.135 e. The summed E-state index contributed by atoms with van der Waals surface area (Å²) in [5.74, 6) is 0. The standard InChI is InChI=1S/C52H33NOS/c1-2-14-35-31-37(28-27-34(35)13-1)40-17-3-7-22-46(40)53(39-16-11-15-36(32-39)42-21-12-26-51-52(42)44-20-6-10-25-50(44)55-51)47-23-8-4-18-41(47)38-29-30-49-45(33-38)43-19-5-9-24-48(43)54-49/h1-33H. The molecule has 2 nitrogen and oxygen atoms in total. The lowest BCUT2D eigenvalue weighted by molar-refractivity contribution is 0.669. The predicted octanol–water partition coefficient (Wildman–Crippen LogP) is 15.6. The maximum absolute atomic E-state index is 6.25. The van der Waals surface area contributed by atoms with Crippen molar-refractivity contribution in [3.8, 4) is 33.4 Å². The van der Waals surface area contributed by atoms with Gasteiger partial charge in [0.2, 0.25) is 0 Å². The highest BCUT2D eigenvalue weighted by molar-refractivity contribution is 7.25. The normalized spacial score (nSPS) is 11.6. The van der Waals surface area contributed by atoms with Gasteiger partial charge in [0, 0.05) is 47.8 Å². The topological polar surface area (TPSA) is 16.4 Å². The van der Waals surface area contributed by atoms with Crippen LogP contribution in [-0.2, 0) is 0 Å². The number of hydrogen-bond acceptors (Lipinski definition) is 3. The van der Waals surface area contributed by atoms with E-state index >= 15 is 0 Å². The average Bonchev–Trinajstić information content (AvgIpc) is 3.82. The third kappa shape index (κ3) is 5.32. The Hall–Kier alpha value is -6.94. The van der Waals surface area contributed by atoms with Gasteiger partial charge in [-0.2, -0.15) is 0 Å². The molecule has 0 radical (unpaired) electrons. The van der Waals surface area contributed by atoms with Crippen LogP contribution < -0.4 is 4.90 Å². The van der Waals surface area contributed by atoms with Crippen LogP contribution in [0.2, 0.25) is 0 Å². The lowest BCUT2D eigenvalue weighted by Crippen LogP contribution is -2.12. The molecule has 0 amide bonds. The van der Waals surface area contributed by atoms with Crippen molar-refractivity contribution in [3.63, 3.8) is 0 Å². The molecule has 0 aliphatic carbocycles. The number of fused-ring (bicyclic) bond motifs is 7. The van der Waals surface area contributed by atoms with E-state index in [4.69, 9.17) is 4.42 Å². The van der Waals surface area contributed by atoms with E-state index in [1.165, 1.54) is 47.6 Å². The monoisotopic (exact) mass is 719 g/mol. The quantitative estimate of drug-likeness (QED) is 0.170. The van der Waals surface area contributed by atoms with Gasteiger partial charge in [-0.05, 0) is 93.7 Å². The minimum absolute atomic E-state index is 0.892.